The molecule has 5 atom stereocenters. The molecule has 3 aliphatic heterocycles. The smallest absolute Gasteiger partial charge is 0.297 e. The molecule has 0 unspecified atom stereocenters. The molecule has 27 heavy (non-hydrogen) atoms. The molecule has 0 N–H and O–H groups in total. The summed E-state index contributed by atoms with van der Waals surface area (Å²) < 4.78 is 60.2. The third-order valence-corrected chi connectivity index (χ3v) is 6.02. The first-order valence-corrected chi connectivity index (χ1v) is 10.3. The van der Waals surface area contributed by atoms with Crippen LogP contribution in [0.5, 0.6) is 0 Å². The van der Waals surface area contributed by atoms with Gasteiger partial charge in [-0.05, 0) is 39.8 Å². The molecule has 3 heterocycles. The van der Waals surface area contributed by atoms with Crippen LogP contribution in [0.25, 0.3) is 0 Å². The molecule has 150 valence electrons. The summed E-state index contributed by atoms with van der Waals surface area (Å²) in [6.45, 7) is 7.31. The van der Waals surface area contributed by atoms with Gasteiger partial charge >= 0.3 is 0 Å². The number of hydrogen-bond acceptors (Lipinski definition) is 8. The molecule has 3 fully saturated rings. The van der Waals surface area contributed by atoms with E-state index in [1.807, 2.05) is 0 Å². The van der Waals surface area contributed by atoms with Crippen molar-refractivity contribution < 1.29 is 36.3 Å². The predicted octanol–water partition coefficient (Wildman–Crippen LogP) is 1.79. The van der Waals surface area contributed by atoms with Crippen LogP contribution in [0.2, 0.25) is 0 Å². The van der Waals surface area contributed by atoms with Crippen molar-refractivity contribution in [3.63, 3.8) is 0 Å². The highest BCUT2D eigenvalue weighted by Gasteiger charge is 2.60. The van der Waals surface area contributed by atoms with Crippen molar-refractivity contribution in [1.29, 1.82) is 0 Å². The van der Waals surface area contributed by atoms with Gasteiger partial charge in [-0.25, -0.2) is 0 Å². The summed E-state index contributed by atoms with van der Waals surface area (Å²) in [7, 11) is -4.02. The van der Waals surface area contributed by atoms with E-state index in [9.17, 15) is 8.42 Å². The summed E-state index contributed by atoms with van der Waals surface area (Å²) in [5, 5.41) is 0. The number of hydrogen-bond donors (Lipinski definition) is 0. The summed E-state index contributed by atoms with van der Waals surface area (Å²) in [4.78, 5) is 0.0642. The third kappa shape index (κ3) is 3.77. The fourth-order valence-corrected chi connectivity index (χ4v) is 4.69. The monoisotopic (exact) mass is 400 g/mol. The van der Waals surface area contributed by atoms with E-state index in [-0.39, 0.29) is 11.5 Å². The van der Waals surface area contributed by atoms with E-state index < -0.39 is 52.4 Å². The van der Waals surface area contributed by atoms with E-state index in [1.54, 1.807) is 45.9 Å². The average Bonchev–Trinajstić information content (AvgIpc) is 3.19. The third-order valence-electron chi connectivity index (χ3n) is 4.69. The standard InChI is InChI=1S/C18H24O8S/c1-17(2)21-10-12(23-17)13-14(15-16(22-13)25-18(3,4)24-15)26-27(19,20)11-8-6-5-7-9-11/h5-9,12-16H,10H2,1-4H3/t12-,13+,14-,15+,16-/m0/s1. The predicted molar refractivity (Wildman–Crippen MR) is 92.1 cm³/mol. The lowest BCUT2D eigenvalue weighted by molar-refractivity contribution is -0.230. The maximum atomic E-state index is 12.8. The molecule has 3 aliphatic rings. The number of benzene rings is 1. The van der Waals surface area contributed by atoms with Crippen LogP contribution in [0.3, 0.4) is 0 Å². The molecule has 8 nitrogen and oxygen atoms in total. The van der Waals surface area contributed by atoms with Gasteiger partial charge in [-0.2, -0.15) is 8.42 Å². The van der Waals surface area contributed by atoms with E-state index in [0.717, 1.165) is 0 Å². The van der Waals surface area contributed by atoms with Crippen LogP contribution in [0.15, 0.2) is 35.2 Å². The lowest BCUT2D eigenvalue weighted by Gasteiger charge is -2.28. The first kappa shape index (κ1) is 19.3. The second-order valence-electron chi connectivity index (χ2n) is 7.76. The lowest BCUT2D eigenvalue weighted by atomic mass is 10.1. The van der Waals surface area contributed by atoms with E-state index in [0.29, 0.717) is 0 Å². The molecular weight excluding hydrogens is 376 g/mol. The fraction of sp³-hybridized carbons (Fsp3) is 0.667. The zero-order valence-corrected chi connectivity index (χ0v) is 16.5. The van der Waals surface area contributed by atoms with Crippen molar-refractivity contribution in [1.82, 2.24) is 0 Å². The van der Waals surface area contributed by atoms with Crippen LogP contribution >= 0.6 is 0 Å². The van der Waals surface area contributed by atoms with Crippen LogP contribution < -0.4 is 0 Å². The lowest BCUT2D eigenvalue weighted by Crippen LogP contribution is -2.45. The molecule has 1 aromatic carbocycles. The van der Waals surface area contributed by atoms with Crippen molar-refractivity contribution >= 4 is 10.1 Å². The quantitative estimate of drug-likeness (QED) is 0.707. The van der Waals surface area contributed by atoms with Crippen molar-refractivity contribution in [2.45, 2.75) is 74.9 Å². The molecule has 0 spiro atoms. The number of rotatable bonds is 4. The second-order valence-corrected chi connectivity index (χ2v) is 9.34. The Morgan fingerprint density at radius 1 is 0.963 bits per heavy atom. The second kappa shape index (κ2) is 6.48. The molecule has 1 aromatic rings. The van der Waals surface area contributed by atoms with Crippen molar-refractivity contribution in [2.75, 3.05) is 6.61 Å². The Hall–Kier alpha value is -1.07. The molecule has 0 aliphatic carbocycles. The fourth-order valence-electron chi connectivity index (χ4n) is 3.58. The summed E-state index contributed by atoms with van der Waals surface area (Å²) in [5.41, 5.74) is 0. The summed E-state index contributed by atoms with van der Waals surface area (Å²) >= 11 is 0. The Bertz CT molecular complexity index is 791. The van der Waals surface area contributed by atoms with Crippen molar-refractivity contribution in [2.24, 2.45) is 0 Å². The minimum absolute atomic E-state index is 0.0642. The number of fused-ring (bicyclic) bond motifs is 1. The number of ether oxygens (including phenoxy) is 5. The zero-order chi connectivity index (χ0) is 19.4. The van der Waals surface area contributed by atoms with E-state index >= 15 is 0 Å². The molecule has 0 aromatic heterocycles. The molecule has 3 saturated heterocycles. The normalized spacial score (nSPS) is 37.4. The van der Waals surface area contributed by atoms with Crippen molar-refractivity contribution in [3.8, 4) is 0 Å². The first-order valence-electron chi connectivity index (χ1n) is 8.88. The SMILES string of the molecule is CC1(C)O[C@@H]2O[C@H]([C@@H]3COC(C)(C)O3)[C@H](OS(=O)(=O)c3ccccc3)[C@H]2O1. The van der Waals surface area contributed by atoms with Gasteiger partial charge in [0.2, 0.25) is 0 Å². The Labute approximate surface area is 158 Å². The average molecular weight is 400 g/mol. The Morgan fingerprint density at radius 3 is 2.30 bits per heavy atom. The van der Waals surface area contributed by atoms with Gasteiger partial charge in [-0.15, -0.1) is 0 Å². The summed E-state index contributed by atoms with van der Waals surface area (Å²) in [6, 6.07) is 7.96. The van der Waals surface area contributed by atoms with Gasteiger partial charge in [0.1, 0.15) is 24.4 Å². The highest BCUT2D eigenvalue weighted by molar-refractivity contribution is 7.86. The van der Waals surface area contributed by atoms with Gasteiger partial charge in [0.25, 0.3) is 10.1 Å². The Morgan fingerprint density at radius 2 is 1.67 bits per heavy atom. The minimum Gasteiger partial charge on any atom is -0.348 e. The van der Waals surface area contributed by atoms with Gasteiger partial charge in [-0.3, -0.25) is 4.18 Å². The molecular formula is C18H24O8S. The summed E-state index contributed by atoms with van der Waals surface area (Å²) in [6.07, 6.45) is -3.58. The largest absolute Gasteiger partial charge is 0.348 e. The Kier molecular flexibility index (Phi) is 4.62. The van der Waals surface area contributed by atoms with E-state index in [1.165, 1.54) is 12.1 Å². The summed E-state index contributed by atoms with van der Waals surface area (Å²) in [5.74, 6) is -1.68. The Balaban J connectivity index is 1.61. The molecule has 0 amide bonds. The topological polar surface area (TPSA) is 89.5 Å². The maximum Gasteiger partial charge on any atom is 0.297 e. The maximum absolute atomic E-state index is 12.8. The van der Waals surface area contributed by atoms with Gasteiger partial charge in [0.15, 0.2) is 17.9 Å². The molecule has 4 rings (SSSR count). The van der Waals surface area contributed by atoms with Crippen LogP contribution in [0.4, 0.5) is 0 Å². The van der Waals surface area contributed by atoms with Crippen LogP contribution in [-0.4, -0.2) is 57.3 Å². The van der Waals surface area contributed by atoms with Gasteiger partial charge in [0.05, 0.1) is 11.5 Å². The molecule has 0 saturated carbocycles. The van der Waals surface area contributed by atoms with Crippen LogP contribution in [0, 0.1) is 0 Å². The highest BCUT2D eigenvalue weighted by atomic mass is 32.2. The van der Waals surface area contributed by atoms with Crippen molar-refractivity contribution in [3.05, 3.63) is 30.3 Å². The zero-order valence-electron chi connectivity index (χ0n) is 15.7. The molecule has 0 radical (unpaired) electrons. The molecule has 9 heteroatoms. The first-order chi connectivity index (χ1) is 12.6. The van der Waals surface area contributed by atoms with E-state index in [2.05, 4.69) is 0 Å². The highest BCUT2D eigenvalue weighted by Crippen LogP contribution is 2.42. The van der Waals surface area contributed by atoms with Gasteiger partial charge in [-0.1, -0.05) is 18.2 Å². The van der Waals surface area contributed by atoms with Gasteiger partial charge in [0, 0.05) is 0 Å². The molecule has 0 bridgehead atoms. The van der Waals surface area contributed by atoms with Crippen LogP contribution in [-0.2, 0) is 38.0 Å². The minimum atomic E-state index is -4.02. The van der Waals surface area contributed by atoms with Crippen LogP contribution in [0.1, 0.15) is 27.7 Å². The van der Waals surface area contributed by atoms with Gasteiger partial charge < -0.3 is 23.7 Å². The van der Waals surface area contributed by atoms with E-state index in [4.69, 9.17) is 27.9 Å².